The fourth-order valence-corrected chi connectivity index (χ4v) is 4.57. The van der Waals surface area contributed by atoms with Gasteiger partial charge in [0, 0.05) is 41.0 Å². The van der Waals surface area contributed by atoms with Crippen molar-refractivity contribution in [1.82, 2.24) is 10.3 Å². The van der Waals surface area contributed by atoms with Gasteiger partial charge in [-0.25, -0.2) is 14.4 Å². The lowest BCUT2D eigenvalue weighted by molar-refractivity contribution is -0.136. The van der Waals surface area contributed by atoms with E-state index in [0.29, 0.717) is 16.7 Å². The molecule has 0 unspecified atom stereocenters. The molecule has 2 aromatic heterocycles. The summed E-state index contributed by atoms with van der Waals surface area (Å²) in [5.41, 5.74) is 2.15. The quantitative estimate of drug-likeness (QED) is 0.144. The van der Waals surface area contributed by atoms with E-state index in [-0.39, 0.29) is 17.8 Å². The molecule has 9 heteroatoms. The summed E-state index contributed by atoms with van der Waals surface area (Å²) in [6.07, 6.45) is 1.22. The lowest BCUT2D eigenvalue weighted by atomic mass is 10.0. The summed E-state index contributed by atoms with van der Waals surface area (Å²) in [5.74, 6) is 0.152. The van der Waals surface area contributed by atoms with E-state index in [1.54, 1.807) is 58.3 Å². The van der Waals surface area contributed by atoms with Crippen molar-refractivity contribution in [2.24, 2.45) is 0 Å². The first-order chi connectivity index (χ1) is 19.6. The minimum atomic E-state index is -1.06. The molecule has 2 N–H and O–H groups in total. The number of amides is 1. The van der Waals surface area contributed by atoms with Crippen LogP contribution < -0.4 is 20.4 Å². The third kappa shape index (κ3) is 6.41. The summed E-state index contributed by atoms with van der Waals surface area (Å²) < 4.78 is 21.8. The molecule has 210 valence electrons. The van der Waals surface area contributed by atoms with Crippen LogP contribution in [0, 0.1) is 0 Å². The minimum absolute atomic E-state index is 0.159. The number of hydrogen-bond donors (Lipinski definition) is 2. The maximum absolute atomic E-state index is 13.4. The Balaban J connectivity index is 1.43. The van der Waals surface area contributed by atoms with Crippen LogP contribution in [0.1, 0.15) is 26.3 Å². The van der Waals surface area contributed by atoms with Gasteiger partial charge in [-0.05, 0) is 67.8 Å². The maximum Gasteiger partial charge on any atom is 0.408 e. The first kappa shape index (κ1) is 27.5. The van der Waals surface area contributed by atoms with Crippen molar-refractivity contribution < 1.29 is 28.2 Å². The molecule has 0 radical (unpaired) electrons. The maximum atomic E-state index is 13.4. The Morgan fingerprint density at radius 3 is 2.41 bits per heavy atom. The smallest absolute Gasteiger partial charge is 0.408 e. The molecule has 5 aromatic rings. The largest absolute Gasteiger partial charge is 0.497 e. The molecule has 0 bridgehead atoms. The van der Waals surface area contributed by atoms with E-state index < -0.39 is 29.3 Å². The van der Waals surface area contributed by atoms with Gasteiger partial charge in [0.15, 0.2) is 0 Å². The van der Waals surface area contributed by atoms with E-state index in [2.05, 4.69) is 10.3 Å². The van der Waals surface area contributed by atoms with Gasteiger partial charge in [0.1, 0.15) is 28.7 Å². The summed E-state index contributed by atoms with van der Waals surface area (Å²) in [6.45, 7) is 5.22. The van der Waals surface area contributed by atoms with Crippen LogP contribution in [-0.4, -0.2) is 35.8 Å². The predicted octanol–water partition coefficient (Wildman–Crippen LogP) is 5.99. The average Bonchev–Trinajstić information content (AvgIpc) is 3.34. The lowest BCUT2D eigenvalue weighted by Crippen LogP contribution is -2.46. The molecule has 0 aliphatic rings. The van der Waals surface area contributed by atoms with Crippen LogP contribution >= 0.6 is 0 Å². The van der Waals surface area contributed by atoms with Crippen molar-refractivity contribution in [2.75, 3.05) is 7.11 Å². The molecule has 0 fully saturated rings. The van der Waals surface area contributed by atoms with E-state index in [0.717, 1.165) is 22.0 Å². The van der Waals surface area contributed by atoms with Crippen molar-refractivity contribution in [1.29, 1.82) is 0 Å². The Morgan fingerprint density at radius 1 is 0.951 bits per heavy atom. The van der Waals surface area contributed by atoms with E-state index in [1.807, 2.05) is 36.4 Å². The molecule has 3 aromatic carbocycles. The molecular formula is C32H30N2O7. The van der Waals surface area contributed by atoms with E-state index in [1.165, 1.54) is 12.1 Å². The molecule has 41 heavy (non-hydrogen) atoms. The average molecular weight is 555 g/mol. The molecule has 0 aliphatic carbocycles. The zero-order chi connectivity index (χ0) is 29.1. The third-order valence-electron chi connectivity index (χ3n) is 6.41. The van der Waals surface area contributed by atoms with Crippen LogP contribution in [0.5, 0.6) is 11.5 Å². The number of rotatable bonds is 7. The number of fused-ring (bicyclic) bond motifs is 2. The highest BCUT2D eigenvalue weighted by molar-refractivity contribution is 5.94. The lowest BCUT2D eigenvalue weighted by Gasteiger charge is -2.23. The van der Waals surface area contributed by atoms with E-state index in [9.17, 15) is 14.4 Å². The van der Waals surface area contributed by atoms with Crippen molar-refractivity contribution >= 4 is 33.9 Å². The first-order valence-electron chi connectivity index (χ1n) is 13.1. The predicted molar refractivity (Wildman–Crippen MR) is 155 cm³/mol. The summed E-state index contributed by atoms with van der Waals surface area (Å²) in [5, 5.41) is 4.24. The standard InChI is InChI=1S/C32H30N2O7/c1-32(2,3)41-31(37)34-27(15-20-18-33-26-8-6-5-7-23(20)26)30(36)39-22-13-14-24-25(17-29(35)40-28(24)16-22)19-9-11-21(38-4)12-10-19/h5-14,16-18,27,33H,15H2,1-4H3,(H,34,37)/t27-/m1/s1. The Labute approximate surface area is 236 Å². The Morgan fingerprint density at radius 2 is 1.68 bits per heavy atom. The van der Waals surface area contributed by atoms with E-state index >= 15 is 0 Å². The number of benzene rings is 3. The Hall–Kier alpha value is -5.05. The van der Waals surface area contributed by atoms with Gasteiger partial charge in [0.2, 0.25) is 0 Å². The Kier molecular flexibility index (Phi) is 7.52. The van der Waals surface area contributed by atoms with Gasteiger partial charge >= 0.3 is 17.7 Å². The number of carbonyl (C=O) groups is 2. The number of para-hydroxylation sites is 1. The molecule has 1 amide bonds. The third-order valence-corrected chi connectivity index (χ3v) is 6.41. The van der Waals surface area contributed by atoms with Crippen molar-refractivity contribution in [3.8, 4) is 22.6 Å². The van der Waals surface area contributed by atoms with Crippen molar-refractivity contribution in [2.45, 2.75) is 38.8 Å². The number of H-pyrrole nitrogens is 1. The second-order valence-electron chi connectivity index (χ2n) is 10.5. The topological polar surface area (TPSA) is 120 Å². The van der Waals surface area contributed by atoms with Crippen LogP contribution in [-0.2, 0) is 16.0 Å². The van der Waals surface area contributed by atoms with Crippen molar-refractivity contribution in [3.05, 3.63) is 95.0 Å². The number of carbonyl (C=O) groups excluding carboxylic acids is 2. The molecule has 0 aliphatic heterocycles. The monoisotopic (exact) mass is 554 g/mol. The number of nitrogens with one attached hydrogen (secondary N) is 2. The number of methoxy groups -OCH3 is 1. The fraction of sp³-hybridized carbons (Fsp3) is 0.219. The molecule has 9 nitrogen and oxygen atoms in total. The Bertz CT molecular complexity index is 1780. The van der Waals surface area contributed by atoms with Gasteiger partial charge in [-0.1, -0.05) is 30.3 Å². The molecule has 2 heterocycles. The second-order valence-corrected chi connectivity index (χ2v) is 10.5. The van der Waals surface area contributed by atoms with Gasteiger partial charge in [0.05, 0.1) is 7.11 Å². The highest BCUT2D eigenvalue weighted by Crippen LogP contribution is 2.31. The SMILES string of the molecule is COc1ccc(-c2cc(=O)oc3cc(OC(=O)[C@@H](Cc4c[nH]c5ccccc45)NC(=O)OC(C)(C)C)ccc23)cc1. The number of aromatic nitrogens is 1. The molecule has 1 atom stereocenters. The van der Waals surface area contributed by atoms with Gasteiger partial charge in [-0.15, -0.1) is 0 Å². The van der Waals surface area contributed by atoms with Crippen LogP contribution in [0.4, 0.5) is 4.79 Å². The normalized spacial score (nSPS) is 12.2. The second kappa shape index (κ2) is 11.2. The zero-order valence-corrected chi connectivity index (χ0v) is 23.1. The number of esters is 1. The number of hydrogen-bond acceptors (Lipinski definition) is 7. The summed E-state index contributed by atoms with van der Waals surface area (Å²) in [4.78, 5) is 41.6. The van der Waals surface area contributed by atoms with Crippen LogP contribution in [0.25, 0.3) is 33.0 Å². The first-order valence-corrected chi connectivity index (χ1v) is 13.1. The molecular weight excluding hydrogens is 524 g/mol. The van der Waals surface area contributed by atoms with E-state index in [4.69, 9.17) is 18.6 Å². The highest BCUT2D eigenvalue weighted by atomic mass is 16.6. The van der Waals surface area contributed by atoms with Crippen LogP contribution in [0.3, 0.4) is 0 Å². The summed E-state index contributed by atoms with van der Waals surface area (Å²) >= 11 is 0. The van der Waals surface area contributed by atoms with Gasteiger partial charge in [0.25, 0.3) is 0 Å². The zero-order valence-electron chi connectivity index (χ0n) is 23.1. The number of aromatic amines is 1. The van der Waals surface area contributed by atoms with Gasteiger partial charge in [-0.3, -0.25) is 0 Å². The molecule has 0 spiro atoms. The van der Waals surface area contributed by atoms with Gasteiger partial charge in [-0.2, -0.15) is 0 Å². The number of alkyl carbamates (subject to hydrolysis) is 1. The summed E-state index contributed by atoms with van der Waals surface area (Å²) in [6, 6.07) is 20.1. The van der Waals surface area contributed by atoms with Crippen molar-refractivity contribution in [3.63, 3.8) is 0 Å². The number of ether oxygens (including phenoxy) is 3. The van der Waals surface area contributed by atoms with Crippen LogP contribution in [0.15, 0.2) is 88.2 Å². The van der Waals surface area contributed by atoms with Gasteiger partial charge < -0.3 is 28.9 Å². The molecule has 0 saturated heterocycles. The summed E-state index contributed by atoms with van der Waals surface area (Å²) in [7, 11) is 1.58. The fourth-order valence-electron chi connectivity index (χ4n) is 4.57. The molecule has 0 saturated carbocycles. The highest BCUT2D eigenvalue weighted by Gasteiger charge is 2.27. The van der Waals surface area contributed by atoms with Crippen LogP contribution in [0.2, 0.25) is 0 Å². The molecule has 5 rings (SSSR count). The minimum Gasteiger partial charge on any atom is -0.497 e.